The minimum absolute atomic E-state index is 0.166. The van der Waals surface area contributed by atoms with Gasteiger partial charge in [-0.05, 0) is 12.1 Å². The van der Waals surface area contributed by atoms with E-state index in [0.29, 0.717) is 12.3 Å². The Bertz CT molecular complexity index is 507. The standard InChI is InChI=1S/C10H13N5O3/c1-15(6-7-4-3-5-18-7)10(16)12-8-11-9(17-2)14-13-8/h3-5H,6H2,1-2H3,(H2,11,12,13,14,16). The summed E-state index contributed by atoms with van der Waals surface area (Å²) in [5.74, 6) is 0.922. The van der Waals surface area contributed by atoms with Crippen molar-refractivity contribution in [3.8, 4) is 6.01 Å². The fourth-order valence-electron chi connectivity index (χ4n) is 1.30. The number of rotatable bonds is 4. The molecule has 2 amide bonds. The number of ether oxygens (including phenoxy) is 1. The van der Waals surface area contributed by atoms with Crippen LogP contribution in [0.5, 0.6) is 6.01 Å². The highest BCUT2D eigenvalue weighted by atomic mass is 16.5. The molecule has 0 spiro atoms. The van der Waals surface area contributed by atoms with Gasteiger partial charge in [0.2, 0.25) is 5.95 Å². The Morgan fingerprint density at radius 3 is 3.11 bits per heavy atom. The Balaban J connectivity index is 1.90. The molecule has 0 atom stereocenters. The van der Waals surface area contributed by atoms with E-state index < -0.39 is 0 Å². The van der Waals surface area contributed by atoms with Gasteiger partial charge in [0.1, 0.15) is 5.76 Å². The number of H-pyrrole nitrogens is 1. The van der Waals surface area contributed by atoms with Gasteiger partial charge in [-0.3, -0.25) is 5.32 Å². The lowest BCUT2D eigenvalue weighted by atomic mass is 10.4. The number of nitrogens with zero attached hydrogens (tertiary/aromatic N) is 3. The molecule has 0 unspecified atom stereocenters. The molecule has 0 aliphatic carbocycles. The van der Waals surface area contributed by atoms with Crippen molar-refractivity contribution in [3.05, 3.63) is 24.2 Å². The number of aromatic nitrogens is 3. The highest BCUT2D eigenvalue weighted by Gasteiger charge is 2.13. The minimum atomic E-state index is -0.329. The molecule has 8 nitrogen and oxygen atoms in total. The maximum absolute atomic E-state index is 11.8. The van der Waals surface area contributed by atoms with Crippen LogP contribution in [0.4, 0.5) is 10.7 Å². The summed E-state index contributed by atoms with van der Waals surface area (Å²) in [6.07, 6.45) is 1.56. The smallest absolute Gasteiger partial charge is 0.336 e. The van der Waals surface area contributed by atoms with Gasteiger partial charge in [-0.15, -0.1) is 5.10 Å². The van der Waals surface area contributed by atoms with Crippen molar-refractivity contribution in [2.24, 2.45) is 0 Å². The molecule has 0 saturated heterocycles. The second kappa shape index (κ2) is 5.21. The third-order valence-electron chi connectivity index (χ3n) is 2.19. The van der Waals surface area contributed by atoms with Crippen molar-refractivity contribution >= 4 is 12.0 Å². The first-order valence-electron chi connectivity index (χ1n) is 5.20. The molecule has 8 heteroatoms. The molecule has 0 bridgehead atoms. The number of carbonyl (C=O) groups is 1. The molecular weight excluding hydrogens is 238 g/mol. The normalized spacial score (nSPS) is 10.1. The van der Waals surface area contributed by atoms with Crippen LogP contribution in [-0.2, 0) is 6.54 Å². The molecule has 0 aliphatic rings. The van der Waals surface area contributed by atoms with Crippen molar-refractivity contribution in [3.63, 3.8) is 0 Å². The third kappa shape index (κ3) is 2.78. The molecular formula is C10H13N5O3. The molecule has 2 N–H and O–H groups in total. The zero-order valence-electron chi connectivity index (χ0n) is 10.0. The average Bonchev–Trinajstić information content (AvgIpc) is 3.00. The largest absolute Gasteiger partial charge is 0.467 e. The first kappa shape index (κ1) is 12.0. The van der Waals surface area contributed by atoms with Gasteiger partial charge in [0.05, 0.1) is 19.9 Å². The van der Waals surface area contributed by atoms with Crippen LogP contribution in [0.15, 0.2) is 22.8 Å². The molecule has 96 valence electrons. The minimum Gasteiger partial charge on any atom is -0.467 e. The second-order valence-electron chi connectivity index (χ2n) is 3.54. The Morgan fingerprint density at radius 1 is 1.67 bits per heavy atom. The van der Waals surface area contributed by atoms with Gasteiger partial charge in [-0.1, -0.05) is 0 Å². The first-order chi connectivity index (χ1) is 8.69. The summed E-state index contributed by atoms with van der Waals surface area (Å²) < 4.78 is 9.94. The topological polar surface area (TPSA) is 96.3 Å². The van der Waals surface area contributed by atoms with Crippen LogP contribution in [0.1, 0.15) is 5.76 Å². The van der Waals surface area contributed by atoms with Crippen molar-refractivity contribution in [2.45, 2.75) is 6.54 Å². The molecule has 2 aromatic rings. The predicted molar refractivity (Wildman–Crippen MR) is 62.1 cm³/mol. The van der Waals surface area contributed by atoms with Crippen molar-refractivity contribution in [2.75, 3.05) is 19.5 Å². The third-order valence-corrected chi connectivity index (χ3v) is 2.19. The first-order valence-corrected chi connectivity index (χ1v) is 5.20. The Kier molecular flexibility index (Phi) is 3.46. The summed E-state index contributed by atoms with van der Waals surface area (Å²) in [5.41, 5.74) is 0. The van der Waals surface area contributed by atoms with Gasteiger partial charge in [0, 0.05) is 7.05 Å². The van der Waals surface area contributed by atoms with Crippen LogP contribution < -0.4 is 10.1 Å². The number of anilines is 1. The quantitative estimate of drug-likeness (QED) is 0.847. The Morgan fingerprint density at radius 2 is 2.50 bits per heavy atom. The predicted octanol–water partition coefficient (Wildman–Crippen LogP) is 1.07. The van der Waals surface area contributed by atoms with Crippen LogP contribution in [0.3, 0.4) is 0 Å². The van der Waals surface area contributed by atoms with Crippen LogP contribution >= 0.6 is 0 Å². The van der Waals surface area contributed by atoms with E-state index in [9.17, 15) is 4.79 Å². The summed E-state index contributed by atoms with van der Waals surface area (Å²) in [5, 5.41) is 8.79. The van der Waals surface area contributed by atoms with Gasteiger partial charge in [0.15, 0.2) is 0 Å². The number of hydrogen-bond donors (Lipinski definition) is 2. The van der Waals surface area contributed by atoms with Crippen LogP contribution in [-0.4, -0.2) is 40.3 Å². The molecule has 2 rings (SSSR count). The maximum atomic E-state index is 11.8. The highest BCUT2D eigenvalue weighted by molar-refractivity contribution is 5.87. The zero-order valence-corrected chi connectivity index (χ0v) is 10.0. The van der Waals surface area contributed by atoms with E-state index in [4.69, 9.17) is 9.15 Å². The van der Waals surface area contributed by atoms with Gasteiger partial charge in [-0.25, -0.2) is 9.89 Å². The summed E-state index contributed by atoms with van der Waals surface area (Å²) >= 11 is 0. The number of aromatic amines is 1. The van der Waals surface area contributed by atoms with Crippen LogP contribution in [0.2, 0.25) is 0 Å². The highest BCUT2D eigenvalue weighted by Crippen LogP contribution is 2.07. The maximum Gasteiger partial charge on any atom is 0.336 e. The van der Waals surface area contributed by atoms with Gasteiger partial charge >= 0.3 is 12.0 Å². The summed E-state index contributed by atoms with van der Waals surface area (Å²) in [6.45, 7) is 0.365. The molecule has 0 fully saturated rings. The molecule has 0 aliphatic heterocycles. The van der Waals surface area contributed by atoms with E-state index in [1.807, 2.05) is 0 Å². The van der Waals surface area contributed by atoms with E-state index in [1.54, 1.807) is 25.4 Å². The number of furan rings is 1. The fraction of sp³-hybridized carbons (Fsp3) is 0.300. The number of amides is 2. The van der Waals surface area contributed by atoms with E-state index in [1.165, 1.54) is 12.0 Å². The monoisotopic (exact) mass is 251 g/mol. The number of urea groups is 1. The van der Waals surface area contributed by atoms with E-state index in [2.05, 4.69) is 20.5 Å². The number of nitrogens with one attached hydrogen (secondary N) is 2. The number of methoxy groups -OCH3 is 1. The fourth-order valence-corrected chi connectivity index (χ4v) is 1.30. The van der Waals surface area contributed by atoms with E-state index in [0.717, 1.165) is 0 Å². The number of carbonyl (C=O) groups excluding carboxylic acids is 1. The van der Waals surface area contributed by atoms with Gasteiger partial charge in [-0.2, -0.15) is 4.98 Å². The lowest BCUT2D eigenvalue weighted by Crippen LogP contribution is -2.31. The molecule has 2 aromatic heterocycles. The molecule has 0 aromatic carbocycles. The Labute approximate surface area is 103 Å². The SMILES string of the molecule is COc1n[nH]c(NC(=O)N(C)Cc2ccco2)n1. The summed E-state index contributed by atoms with van der Waals surface area (Å²) in [6, 6.07) is 3.40. The van der Waals surface area contributed by atoms with Crippen molar-refractivity contribution in [1.29, 1.82) is 0 Å². The Hall–Kier alpha value is -2.51. The van der Waals surface area contributed by atoms with E-state index in [-0.39, 0.29) is 18.0 Å². The molecule has 0 saturated carbocycles. The summed E-state index contributed by atoms with van der Waals surface area (Å²) in [4.78, 5) is 17.1. The van der Waals surface area contributed by atoms with Gasteiger partial charge < -0.3 is 14.1 Å². The molecule has 2 heterocycles. The average molecular weight is 251 g/mol. The van der Waals surface area contributed by atoms with E-state index >= 15 is 0 Å². The van der Waals surface area contributed by atoms with Crippen molar-refractivity contribution in [1.82, 2.24) is 20.1 Å². The molecule has 0 radical (unpaired) electrons. The second-order valence-corrected chi connectivity index (χ2v) is 3.54. The number of hydrogen-bond acceptors (Lipinski definition) is 5. The molecule has 18 heavy (non-hydrogen) atoms. The van der Waals surface area contributed by atoms with Crippen LogP contribution in [0, 0.1) is 0 Å². The lowest BCUT2D eigenvalue weighted by molar-refractivity contribution is 0.216. The van der Waals surface area contributed by atoms with Gasteiger partial charge in [0.25, 0.3) is 0 Å². The summed E-state index contributed by atoms with van der Waals surface area (Å²) in [7, 11) is 3.09. The zero-order chi connectivity index (χ0) is 13.0. The lowest BCUT2D eigenvalue weighted by Gasteiger charge is -2.15. The van der Waals surface area contributed by atoms with Crippen molar-refractivity contribution < 1.29 is 13.9 Å². The van der Waals surface area contributed by atoms with Crippen LogP contribution in [0.25, 0.3) is 0 Å².